The number of carbonyl (C=O) groups is 1. The van der Waals surface area contributed by atoms with Gasteiger partial charge in [0.1, 0.15) is 12.4 Å². The molecule has 26 heavy (non-hydrogen) atoms. The molecule has 0 aliphatic rings. The molecule has 7 nitrogen and oxygen atoms in total. The molecular formula is C17H20ClN3O4S. The summed E-state index contributed by atoms with van der Waals surface area (Å²) in [5.41, 5.74) is 0.591. The summed E-state index contributed by atoms with van der Waals surface area (Å²) in [6.07, 6.45) is 0. The Balaban J connectivity index is 1.77. The van der Waals surface area contributed by atoms with Crippen LogP contribution >= 0.6 is 11.6 Å². The Morgan fingerprint density at radius 1 is 1.15 bits per heavy atom. The van der Waals surface area contributed by atoms with Gasteiger partial charge in [-0.05, 0) is 42.5 Å². The van der Waals surface area contributed by atoms with Crippen LogP contribution < -0.4 is 15.4 Å². The molecule has 0 heterocycles. The van der Waals surface area contributed by atoms with E-state index in [0.29, 0.717) is 16.5 Å². The number of hydrogen-bond acceptors (Lipinski definition) is 4. The van der Waals surface area contributed by atoms with Gasteiger partial charge in [-0.3, -0.25) is 0 Å². The van der Waals surface area contributed by atoms with Gasteiger partial charge in [0.05, 0.1) is 11.4 Å². The Labute approximate surface area is 158 Å². The Kier molecular flexibility index (Phi) is 6.84. The molecule has 0 radical (unpaired) electrons. The molecule has 2 aromatic rings. The van der Waals surface area contributed by atoms with Crippen molar-refractivity contribution in [3.8, 4) is 5.75 Å². The maximum absolute atomic E-state index is 12.0. The molecule has 0 aliphatic heterocycles. The monoisotopic (exact) mass is 397 g/mol. The molecule has 0 saturated heterocycles. The van der Waals surface area contributed by atoms with Crippen LogP contribution in [-0.4, -0.2) is 46.0 Å². The van der Waals surface area contributed by atoms with E-state index in [2.05, 4.69) is 10.6 Å². The van der Waals surface area contributed by atoms with E-state index in [-0.39, 0.29) is 24.1 Å². The zero-order valence-corrected chi connectivity index (χ0v) is 16.0. The van der Waals surface area contributed by atoms with Gasteiger partial charge in [0, 0.05) is 24.8 Å². The first kappa shape index (κ1) is 20.0. The number of rotatable bonds is 7. The van der Waals surface area contributed by atoms with Crippen LogP contribution in [0.15, 0.2) is 53.4 Å². The largest absolute Gasteiger partial charge is 0.492 e. The molecule has 0 saturated carbocycles. The van der Waals surface area contributed by atoms with Crippen molar-refractivity contribution in [1.82, 2.24) is 9.62 Å². The lowest BCUT2D eigenvalue weighted by molar-refractivity contribution is 0.247. The molecule has 0 aliphatic carbocycles. The minimum absolute atomic E-state index is 0.189. The molecule has 2 aromatic carbocycles. The number of nitrogens with zero attached hydrogens (tertiary/aromatic N) is 1. The topological polar surface area (TPSA) is 87.7 Å². The van der Waals surface area contributed by atoms with E-state index in [1.807, 2.05) is 0 Å². The zero-order chi connectivity index (χ0) is 19.2. The van der Waals surface area contributed by atoms with E-state index in [4.69, 9.17) is 16.3 Å². The van der Waals surface area contributed by atoms with Crippen molar-refractivity contribution < 1.29 is 17.9 Å². The molecule has 2 N–H and O–H groups in total. The van der Waals surface area contributed by atoms with Crippen molar-refractivity contribution in [3.63, 3.8) is 0 Å². The number of hydrogen-bond donors (Lipinski definition) is 2. The summed E-state index contributed by atoms with van der Waals surface area (Å²) in [5, 5.41) is 5.84. The lowest BCUT2D eigenvalue weighted by Gasteiger charge is -2.12. The molecule has 9 heteroatoms. The third-order valence-electron chi connectivity index (χ3n) is 3.34. The molecule has 0 bridgehead atoms. The van der Waals surface area contributed by atoms with Gasteiger partial charge in [-0.1, -0.05) is 17.7 Å². The first-order valence-electron chi connectivity index (χ1n) is 7.75. The number of nitrogens with one attached hydrogen (secondary N) is 2. The van der Waals surface area contributed by atoms with E-state index < -0.39 is 10.0 Å². The standard InChI is InChI=1S/C17H20ClN3O4S/c1-21(2)26(23,24)16-8-6-15(7-9-16)25-11-10-19-17(22)20-14-5-3-4-13(18)12-14/h3-9,12H,10-11H2,1-2H3,(H2,19,20,22). The predicted octanol–water partition coefficient (Wildman–Crippen LogP) is 2.79. The summed E-state index contributed by atoms with van der Waals surface area (Å²) in [7, 11) is -0.516. The van der Waals surface area contributed by atoms with Crippen molar-refractivity contribution in [2.24, 2.45) is 0 Å². The highest BCUT2D eigenvalue weighted by molar-refractivity contribution is 7.89. The second-order valence-corrected chi connectivity index (χ2v) is 8.09. The van der Waals surface area contributed by atoms with Crippen LogP contribution in [0.5, 0.6) is 5.75 Å². The maximum Gasteiger partial charge on any atom is 0.319 e. The van der Waals surface area contributed by atoms with Crippen molar-refractivity contribution in [2.75, 3.05) is 32.6 Å². The van der Waals surface area contributed by atoms with Gasteiger partial charge < -0.3 is 15.4 Å². The normalized spacial score (nSPS) is 11.2. The molecule has 0 unspecified atom stereocenters. The minimum atomic E-state index is -3.46. The lowest BCUT2D eigenvalue weighted by atomic mass is 10.3. The first-order chi connectivity index (χ1) is 12.3. The number of urea groups is 1. The molecule has 2 amide bonds. The van der Waals surface area contributed by atoms with Crippen LogP contribution in [0.1, 0.15) is 0 Å². The van der Waals surface area contributed by atoms with Gasteiger partial charge in [0.25, 0.3) is 0 Å². The number of benzene rings is 2. The van der Waals surface area contributed by atoms with E-state index in [1.54, 1.807) is 36.4 Å². The third kappa shape index (κ3) is 5.62. The van der Waals surface area contributed by atoms with Crippen molar-refractivity contribution in [3.05, 3.63) is 53.6 Å². The van der Waals surface area contributed by atoms with Crippen LogP contribution in [-0.2, 0) is 10.0 Å². The van der Waals surface area contributed by atoms with Crippen molar-refractivity contribution >= 4 is 33.3 Å². The van der Waals surface area contributed by atoms with Crippen molar-refractivity contribution in [1.29, 1.82) is 0 Å². The number of anilines is 1. The Hall–Kier alpha value is -2.29. The SMILES string of the molecule is CN(C)S(=O)(=O)c1ccc(OCCNC(=O)Nc2cccc(Cl)c2)cc1. The second-order valence-electron chi connectivity index (χ2n) is 5.50. The minimum Gasteiger partial charge on any atom is -0.492 e. The highest BCUT2D eigenvalue weighted by atomic mass is 35.5. The maximum atomic E-state index is 12.0. The Morgan fingerprint density at radius 2 is 1.85 bits per heavy atom. The lowest BCUT2D eigenvalue weighted by Crippen LogP contribution is -2.32. The molecule has 0 atom stereocenters. The summed E-state index contributed by atoms with van der Waals surface area (Å²) >= 11 is 5.85. The molecular weight excluding hydrogens is 378 g/mol. The quantitative estimate of drug-likeness (QED) is 0.703. The van der Waals surface area contributed by atoms with Gasteiger partial charge in [-0.25, -0.2) is 17.5 Å². The predicted molar refractivity (Wildman–Crippen MR) is 101 cm³/mol. The highest BCUT2D eigenvalue weighted by Crippen LogP contribution is 2.18. The zero-order valence-electron chi connectivity index (χ0n) is 14.4. The molecule has 0 spiro atoms. The van der Waals surface area contributed by atoms with E-state index in [9.17, 15) is 13.2 Å². The number of carbonyl (C=O) groups excluding carboxylic acids is 1. The molecule has 2 rings (SSSR count). The average molecular weight is 398 g/mol. The number of ether oxygens (including phenoxy) is 1. The Morgan fingerprint density at radius 3 is 2.46 bits per heavy atom. The van der Waals surface area contributed by atoms with Gasteiger partial charge in [0.15, 0.2) is 0 Å². The van der Waals surface area contributed by atoms with Gasteiger partial charge in [-0.2, -0.15) is 0 Å². The van der Waals surface area contributed by atoms with E-state index >= 15 is 0 Å². The van der Waals surface area contributed by atoms with Crippen LogP contribution in [0.25, 0.3) is 0 Å². The molecule has 140 valence electrons. The summed E-state index contributed by atoms with van der Waals surface area (Å²) in [6.45, 7) is 0.521. The molecule has 0 aromatic heterocycles. The van der Waals surface area contributed by atoms with Gasteiger partial charge >= 0.3 is 6.03 Å². The van der Waals surface area contributed by atoms with Crippen LogP contribution in [0.4, 0.5) is 10.5 Å². The highest BCUT2D eigenvalue weighted by Gasteiger charge is 2.16. The first-order valence-corrected chi connectivity index (χ1v) is 9.56. The van der Waals surface area contributed by atoms with Crippen LogP contribution in [0, 0.1) is 0 Å². The van der Waals surface area contributed by atoms with E-state index in [0.717, 1.165) is 4.31 Å². The summed E-state index contributed by atoms with van der Waals surface area (Å²) in [5.74, 6) is 0.514. The Bertz CT molecular complexity index is 855. The second kappa shape index (κ2) is 8.88. The average Bonchev–Trinajstić information content (AvgIpc) is 2.59. The van der Waals surface area contributed by atoms with E-state index in [1.165, 1.54) is 26.2 Å². The fourth-order valence-corrected chi connectivity index (χ4v) is 3.09. The number of halogens is 1. The molecule has 0 fully saturated rings. The summed E-state index contributed by atoms with van der Waals surface area (Å²) in [6, 6.07) is 12.5. The smallest absolute Gasteiger partial charge is 0.319 e. The van der Waals surface area contributed by atoms with Gasteiger partial charge in [-0.15, -0.1) is 0 Å². The van der Waals surface area contributed by atoms with Crippen LogP contribution in [0.2, 0.25) is 5.02 Å². The van der Waals surface area contributed by atoms with Crippen LogP contribution in [0.3, 0.4) is 0 Å². The number of sulfonamides is 1. The summed E-state index contributed by atoms with van der Waals surface area (Å²) < 4.78 is 30.6. The van der Waals surface area contributed by atoms with Crippen molar-refractivity contribution in [2.45, 2.75) is 4.90 Å². The number of amides is 2. The fourth-order valence-electron chi connectivity index (χ4n) is 1.99. The van der Waals surface area contributed by atoms with Gasteiger partial charge in [0.2, 0.25) is 10.0 Å². The third-order valence-corrected chi connectivity index (χ3v) is 5.41. The fraction of sp³-hybridized carbons (Fsp3) is 0.235. The summed E-state index contributed by atoms with van der Waals surface area (Å²) in [4.78, 5) is 12.0.